The van der Waals surface area contributed by atoms with Crippen molar-refractivity contribution in [2.45, 2.75) is 83.6 Å². The highest BCUT2D eigenvalue weighted by atomic mass is 16.2. The fraction of sp³-hybridized carbons (Fsp3) is 0.909. The zero-order chi connectivity index (χ0) is 18.3. The number of hydrogen-bond acceptors (Lipinski definition) is 2. The molecule has 1 N–H and O–H groups in total. The van der Waals surface area contributed by atoms with Gasteiger partial charge in [0.05, 0.1) is 6.54 Å². The lowest BCUT2D eigenvalue weighted by atomic mass is 9.49. The van der Waals surface area contributed by atoms with Crippen LogP contribution in [-0.2, 0) is 9.59 Å². The van der Waals surface area contributed by atoms with Crippen molar-refractivity contribution in [2.24, 2.45) is 29.1 Å². The van der Waals surface area contributed by atoms with E-state index in [4.69, 9.17) is 0 Å². The van der Waals surface area contributed by atoms with Crippen molar-refractivity contribution >= 4 is 11.8 Å². The minimum atomic E-state index is 0.0726. The summed E-state index contributed by atoms with van der Waals surface area (Å²) in [5, 5.41) is 2.96. The molecule has 5 rings (SSSR count). The molecule has 26 heavy (non-hydrogen) atoms. The molecule has 2 amide bonds. The molecule has 0 aromatic carbocycles. The van der Waals surface area contributed by atoms with E-state index in [0.29, 0.717) is 12.5 Å². The van der Waals surface area contributed by atoms with Crippen LogP contribution in [0.1, 0.15) is 77.6 Å². The second-order valence-electron chi connectivity index (χ2n) is 10.3. The largest absolute Gasteiger partial charge is 0.347 e. The molecule has 0 radical (unpaired) electrons. The van der Waals surface area contributed by atoms with E-state index in [-0.39, 0.29) is 23.8 Å². The Morgan fingerprint density at radius 1 is 0.962 bits per heavy atom. The molecule has 0 unspecified atom stereocenters. The zero-order valence-corrected chi connectivity index (χ0v) is 16.6. The second kappa shape index (κ2) is 7.16. The molecule has 0 aromatic heterocycles. The summed E-state index contributed by atoms with van der Waals surface area (Å²) < 4.78 is 0. The molecule has 4 bridgehead atoms. The summed E-state index contributed by atoms with van der Waals surface area (Å²) in [5.41, 5.74) is 0.257. The molecule has 4 heteroatoms. The third-order valence-corrected chi connectivity index (χ3v) is 8.06. The van der Waals surface area contributed by atoms with Gasteiger partial charge in [-0.15, -0.1) is 0 Å². The van der Waals surface area contributed by atoms with Gasteiger partial charge in [-0.25, -0.2) is 0 Å². The zero-order valence-electron chi connectivity index (χ0n) is 16.6. The van der Waals surface area contributed by atoms with E-state index < -0.39 is 0 Å². The third kappa shape index (κ3) is 3.80. The first-order valence-corrected chi connectivity index (χ1v) is 10.9. The molecule has 0 atom stereocenters. The van der Waals surface area contributed by atoms with Crippen LogP contribution in [0.2, 0.25) is 0 Å². The minimum absolute atomic E-state index is 0.0726. The number of hydrogen-bond donors (Lipinski definition) is 1. The first kappa shape index (κ1) is 18.3. The van der Waals surface area contributed by atoms with Crippen molar-refractivity contribution in [2.75, 3.05) is 13.6 Å². The molecular weight excluding hydrogens is 324 g/mol. The van der Waals surface area contributed by atoms with Crippen LogP contribution in [0, 0.1) is 29.1 Å². The summed E-state index contributed by atoms with van der Waals surface area (Å²) in [6, 6.07) is 0.360. The van der Waals surface area contributed by atoms with Gasteiger partial charge in [-0.05, 0) is 93.3 Å². The van der Waals surface area contributed by atoms with Gasteiger partial charge < -0.3 is 10.2 Å². The third-order valence-electron chi connectivity index (χ3n) is 8.06. The highest BCUT2D eigenvalue weighted by Crippen LogP contribution is 2.61. The number of nitrogens with one attached hydrogen (secondary N) is 1. The lowest BCUT2D eigenvalue weighted by Gasteiger charge is -2.56. The number of likely N-dealkylation sites (N-methyl/N-ethyl adjacent to an activating group) is 1. The quantitative estimate of drug-likeness (QED) is 0.812. The molecule has 0 spiro atoms. The first-order chi connectivity index (χ1) is 12.4. The number of rotatable bonds is 5. The van der Waals surface area contributed by atoms with Crippen LogP contribution in [0.15, 0.2) is 0 Å². The molecule has 0 heterocycles. The smallest absolute Gasteiger partial charge is 0.241 e. The van der Waals surface area contributed by atoms with Crippen molar-refractivity contribution in [1.82, 2.24) is 10.2 Å². The van der Waals surface area contributed by atoms with Gasteiger partial charge >= 0.3 is 0 Å². The predicted molar refractivity (Wildman–Crippen MR) is 102 cm³/mol. The van der Waals surface area contributed by atoms with Crippen molar-refractivity contribution < 1.29 is 9.59 Å². The van der Waals surface area contributed by atoms with Crippen LogP contribution in [-0.4, -0.2) is 36.3 Å². The van der Waals surface area contributed by atoms with Gasteiger partial charge in [-0.3, -0.25) is 9.59 Å². The van der Waals surface area contributed by atoms with Gasteiger partial charge in [0, 0.05) is 19.5 Å². The number of carbonyl (C=O) groups excluding carboxylic acids is 2. The maximum Gasteiger partial charge on any atom is 0.241 e. The number of nitrogens with zero attached hydrogens (tertiary/aromatic N) is 1. The topological polar surface area (TPSA) is 49.4 Å². The normalized spacial score (nSPS) is 41.1. The molecule has 5 fully saturated rings. The van der Waals surface area contributed by atoms with E-state index in [0.717, 1.165) is 36.5 Å². The Bertz CT molecular complexity index is 515. The van der Waals surface area contributed by atoms with E-state index in [2.05, 4.69) is 12.2 Å². The molecule has 0 aromatic rings. The van der Waals surface area contributed by atoms with Crippen LogP contribution in [0.3, 0.4) is 0 Å². The molecule has 4 nitrogen and oxygen atoms in total. The standard InChI is InChI=1S/C22H36N2O2/c1-15-3-5-19(6-4-15)24(2)21(26)14-23-20(25)13-22-10-16-7-17(11-22)9-18(8-16)12-22/h15-19H,3-14H2,1-2H3,(H,23,25). The van der Waals surface area contributed by atoms with Gasteiger partial charge in [-0.2, -0.15) is 0 Å². The Labute approximate surface area is 158 Å². The fourth-order valence-electron chi connectivity index (χ4n) is 7.04. The van der Waals surface area contributed by atoms with Crippen LogP contribution in [0.4, 0.5) is 0 Å². The summed E-state index contributed by atoms with van der Waals surface area (Å²) in [7, 11) is 1.91. The Kier molecular flexibility index (Phi) is 5.04. The number of amides is 2. The van der Waals surface area contributed by atoms with E-state index in [1.165, 1.54) is 51.4 Å². The summed E-state index contributed by atoms with van der Waals surface area (Å²) in [4.78, 5) is 27.0. The molecule has 5 aliphatic rings. The Hall–Kier alpha value is -1.06. The van der Waals surface area contributed by atoms with Gasteiger partial charge in [0.2, 0.25) is 11.8 Å². The molecule has 5 aliphatic carbocycles. The monoisotopic (exact) mass is 360 g/mol. The predicted octanol–water partition coefficient (Wildman–Crippen LogP) is 3.75. The van der Waals surface area contributed by atoms with E-state index in [9.17, 15) is 9.59 Å². The van der Waals surface area contributed by atoms with Gasteiger partial charge in [-0.1, -0.05) is 6.92 Å². The summed E-state index contributed by atoms with van der Waals surface area (Å²) in [5.74, 6) is 3.57. The summed E-state index contributed by atoms with van der Waals surface area (Å²) in [6.07, 6.45) is 13.2. The van der Waals surface area contributed by atoms with E-state index in [1.807, 2.05) is 11.9 Å². The second-order valence-corrected chi connectivity index (χ2v) is 10.3. The minimum Gasteiger partial charge on any atom is -0.347 e. The van der Waals surface area contributed by atoms with E-state index in [1.54, 1.807) is 0 Å². The molecule has 5 saturated carbocycles. The van der Waals surface area contributed by atoms with Crippen LogP contribution in [0.25, 0.3) is 0 Å². The van der Waals surface area contributed by atoms with Crippen molar-refractivity contribution in [3.05, 3.63) is 0 Å². The van der Waals surface area contributed by atoms with Gasteiger partial charge in [0.1, 0.15) is 0 Å². The van der Waals surface area contributed by atoms with Crippen molar-refractivity contribution in [1.29, 1.82) is 0 Å². The Morgan fingerprint density at radius 2 is 1.50 bits per heavy atom. The Morgan fingerprint density at radius 3 is 2.04 bits per heavy atom. The molecule has 0 saturated heterocycles. The number of carbonyl (C=O) groups is 2. The van der Waals surface area contributed by atoms with Crippen LogP contribution in [0.5, 0.6) is 0 Å². The van der Waals surface area contributed by atoms with Crippen molar-refractivity contribution in [3.63, 3.8) is 0 Å². The maximum absolute atomic E-state index is 12.6. The average molecular weight is 361 g/mol. The lowest BCUT2D eigenvalue weighted by Crippen LogP contribution is -2.49. The molecule has 146 valence electrons. The van der Waals surface area contributed by atoms with Gasteiger partial charge in [0.15, 0.2) is 0 Å². The molecule has 0 aliphatic heterocycles. The summed E-state index contributed by atoms with van der Waals surface area (Å²) in [6.45, 7) is 2.47. The highest BCUT2D eigenvalue weighted by molar-refractivity contribution is 5.85. The SMILES string of the molecule is CC1CCC(N(C)C(=O)CNC(=O)CC23CC4CC(CC(C4)C2)C3)CC1. The van der Waals surface area contributed by atoms with Gasteiger partial charge in [0.25, 0.3) is 0 Å². The average Bonchev–Trinajstić information content (AvgIpc) is 2.58. The first-order valence-electron chi connectivity index (χ1n) is 10.9. The summed E-state index contributed by atoms with van der Waals surface area (Å²) >= 11 is 0. The van der Waals surface area contributed by atoms with Crippen molar-refractivity contribution in [3.8, 4) is 0 Å². The van der Waals surface area contributed by atoms with Crippen LogP contribution < -0.4 is 5.32 Å². The van der Waals surface area contributed by atoms with E-state index >= 15 is 0 Å². The Balaban J connectivity index is 1.24. The van der Waals surface area contributed by atoms with Crippen LogP contribution >= 0.6 is 0 Å². The highest BCUT2D eigenvalue weighted by Gasteiger charge is 2.51. The molecular formula is C22H36N2O2. The maximum atomic E-state index is 12.6. The lowest BCUT2D eigenvalue weighted by molar-refractivity contribution is -0.136. The fourth-order valence-corrected chi connectivity index (χ4v) is 7.04.